The van der Waals surface area contributed by atoms with E-state index in [9.17, 15) is 0 Å². The summed E-state index contributed by atoms with van der Waals surface area (Å²) in [5, 5.41) is 3.45. The van der Waals surface area contributed by atoms with E-state index in [1.54, 1.807) is 6.20 Å². The molecule has 0 N–H and O–H groups in total. The van der Waals surface area contributed by atoms with Crippen LogP contribution in [-0.4, -0.2) is 15.1 Å². The first-order chi connectivity index (χ1) is 9.74. The number of halogens is 2. The van der Waals surface area contributed by atoms with Crippen LogP contribution in [0, 0.1) is 0 Å². The Morgan fingerprint density at radius 1 is 1.10 bits per heavy atom. The van der Waals surface area contributed by atoms with Gasteiger partial charge in [-0.1, -0.05) is 35.5 Å². The van der Waals surface area contributed by atoms with Crippen LogP contribution in [0.5, 0.6) is 0 Å². The summed E-state index contributed by atoms with van der Waals surface area (Å²) in [5.74, 6) is 0.784. The average Bonchev–Trinajstić information content (AvgIpc) is 2.98. The predicted octanol–water partition coefficient (Wildman–Crippen LogP) is 4.22. The molecule has 0 saturated carbocycles. The summed E-state index contributed by atoms with van der Waals surface area (Å²) in [7, 11) is 0. The standard InChI is InChI=1S/C14H9BrClN3O/c15-10-6-7-11(17-8-10)13-18-14(20-19-13)12(16)9-4-2-1-3-5-9/h1-8,12H. The van der Waals surface area contributed by atoms with Crippen molar-refractivity contribution in [1.82, 2.24) is 15.1 Å². The molecule has 3 rings (SSSR count). The molecule has 100 valence electrons. The number of rotatable bonds is 3. The number of pyridine rings is 1. The summed E-state index contributed by atoms with van der Waals surface area (Å²) < 4.78 is 6.11. The lowest BCUT2D eigenvalue weighted by atomic mass is 10.1. The number of nitrogens with zero attached hydrogens (tertiary/aromatic N) is 3. The molecule has 1 aromatic carbocycles. The van der Waals surface area contributed by atoms with Crippen LogP contribution in [-0.2, 0) is 0 Å². The summed E-state index contributed by atoms with van der Waals surface area (Å²) in [4.78, 5) is 8.52. The molecule has 1 atom stereocenters. The Balaban J connectivity index is 1.89. The highest BCUT2D eigenvalue weighted by atomic mass is 79.9. The van der Waals surface area contributed by atoms with Crippen molar-refractivity contribution in [2.75, 3.05) is 0 Å². The van der Waals surface area contributed by atoms with E-state index in [4.69, 9.17) is 16.1 Å². The fourth-order valence-corrected chi connectivity index (χ4v) is 2.18. The Morgan fingerprint density at radius 3 is 2.60 bits per heavy atom. The molecule has 0 saturated heterocycles. The molecule has 0 aliphatic carbocycles. The van der Waals surface area contributed by atoms with Crippen LogP contribution >= 0.6 is 27.5 Å². The zero-order valence-corrected chi connectivity index (χ0v) is 12.5. The van der Waals surface area contributed by atoms with Crippen molar-refractivity contribution in [3.05, 3.63) is 64.6 Å². The quantitative estimate of drug-likeness (QED) is 0.664. The van der Waals surface area contributed by atoms with E-state index in [0.717, 1.165) is 10.0 Å². The second-order valence-corrected chi connectivity index (χ2v) is 5.44. The van der Waals surface area contributed by atoms with Gasteiger partial charge in [0.1, 0.15) is 11.1 Å². The predicted molar refractivity (Wildman–Crippen MR) is 79.4 cm³/mol. The fraction of sp³-hybridized carbons (Fsp3) is 0.0714. The van der Waals surface area contributed by atoms with Gasteiger partial charge < -0.3 is 4.52 Å². The summed E-state index contributed by atoms with van der Waals surface area (Å²) in [6, 6.07) is 13.3. The highest BCUT2D eigenvalue weighted by Gasteiger charge is 2.19. The van der Waals surface area contributed by atoms with Crippen LogP contribution < -0.4 is 0 Å². The topological polar surface area (TPSA) is 51.8 Å². The van der Waals surface area contributed by atoms with Gasteiger partial charge >= 0.3 is 0 Å². The lowest BCUT2D eigenvalue weighted by Gasteiger charge is -2.03. The SMILES string of the molecule is ClC(c1ccccc1)c1nc(-c2ccc(Br)cn2)no1. The molecule has 0 radical (unpaired) electrons. The van der Waals surface area contributed by atoms with E-state index in [2.05, 4.69) is 31.1 Å². The zero-order chi connectivity index (χ0) is 13.9. The lowest BCUT2D eigenvalue weighted by molar-refractivity contribution is 0.383. The Bertz CT molecular complexity index is 700. The van der Waals surface area contributed by atoms with Gasteiger partial charge in [-0.15, -0.1) is 11.6 Å². The van der Waals surface area contributed by atoms with E-state index in [1.807, 2.05) is 42.5 Å². The molecular weight excluding hydrogens is 342 g/mol. The van der Waals surface area contributed by atoms with Gasteiger partial charge in [0.25, 0.3) is 0 Å². The first kappa shape index (κ1) is 13.3. The van der Waals surface area contributed by atoms with Gasteiger partial charge in [0.05, 0.1) is 0 Å². The van der Waals surface area contributed by atoms with Gasteiger partial charge in [-0.25, -0.2) is 0 Å². The molecule has 1 unspecified atom stereocenters. The molecule has 0 spiro atoms. The number of aromatic nitrogens is 3. The third-order valence-corrected chi connectivity index (χ3v) is 3.62. The highest BCUT2D eigenvalue weighted by Crippen LogP contribution is 2.28. The summed E-state index contributed by atoms with van der Waals surface area (Å²) in [6.45, 7) is 0. The van der Waals surface area contributed by atoms with Crippen molar-refractivity contribution in [3.63, 3.8) is 0 Å². The van der Waals surface area contributed by atoms with Crippen molar-refractivity contribution in [2.24, 2.45) is 0 Å². The van der Waals surface area contributed by atoms with E-state index in [0.29, 0.717) is 17.4 Å². The van der Waals surface area contributed by atoms with E-state index < -0.39 is 5.38 Å². The van der Waals surface area contributed by atoms with Gasteiger partial charge in [-0.2, -0.15) is 4.98 Å². The maximum absolute atomic E-state index is 6.33. The Kier molecular flexibility index (Phi) is 3.80. The van der Waals surface area contributed by atoms with Crippen molar-refractivity contribution in [1.29, 1.82) is 0 Å². The molecule has 0 aliphatic heterocycles. The number of alkyl halides is 1. The number of benzene rings is 1. The summed E-state index contributed by atoms with van der Waals surface area (Å²) in [5.41, 5.74) is 1.55. The molecule has 0 fully saturated rings. The minimum Gasteiger partial charge on any atom is -0.337 e. The Morgan fingerprint density at radius 2 is 1.90 bits per heavy atom. The second kappa shape index (κ2) is 5.73. The Labute approximate surface area is 128 Å². The Hall–Kier alpha value is -1.72. The zero-order valence-electron chi connectivity index (χ0n) is 10.2. The van der Waals surface area contributed by atoms with Crippen molar-refractivity contribution in [3.8, 4) is 11.5 Å². The molecule has 2 aromatic heterocycles. The molecule has 3 aromatic rings. The monoisotopic (exact) mass is 349 g/mol. The van der Waals surface area contributed by atoms with E-state index in [1.165, 1.54) is 0 Å². The van der Waals surface area contributed by atoms with Crippen molar-refractivity contribution in [2.45, 2.75) is 5.38 Å². The lowest BCUT2D eigenvalue weighted by Crippen LogP contribution is -1.93. The van der Waals surface area contributed by atoms with Crippen molar-refractivity contribution >= 4 is 27.5 Å². The molecule has 2 heterocycles. The second-order valence-electron chi connectivity index (χ2n) is 4.09. The highest BCUT2D eigenvalue weighted by molar-refractivity contribution is 9.10. The first-order valence-corrected chi connectivity index (χ1v) is 7.11. The largest absolute Gasteiger partial charge is 0.337 e. The molecule has 6 heteroatoms. The molecule has 0 aliphatic rings. The van der Waals surface area contributed by atoms with Crippen molar-refractivity contribution < 1.29 is 4.52 Å². The summed E-state index contributed by atoms with van der Waals surface area (Å²) in [6.07, 6.45) is 1.68. The van der Waals surface area contributed by atoms with Crippen LogP contribution in [0.2, 0.25) is 0 Å². The number of hydrogen-bond acceptors (Lipinski definition) is 4. The fourth-order valence-electron chi connectivity index (χ4n) is 1.71. The molecule has 0 amide bonds. The average molecular weight is 351 g/mol. The van der Waals surface area contributed by atoms with Crippen LogP contribution in [0.15, 0.2) is 57.7 Å². The van der Waals surface area contributed by atoms with Gasteiger partial charge in [-0.3, -0.25) is 4.98 Å². The van der Waals surface area contributed by atoms with Gasteiger partial charge in [0.15, 0.2) is 0 Å². The van der Waals surface area contributed by atoms with Gasteiger partial charge in [0, 0.05) is 10.7 Å². The smallest absolute Gasteiger partial charge is 0.249 e. The normalized spacial score (nSPS) is 12.3. The third-order valence-electron chi connectivity index (χ3n) is 2.71. The van der Waals surface area contributed by atoms with E-state index in [-0.39, 0.29) is 0 Å². The van der Waals surface area contributed by atoms with Crippen LogP contribution in [0.4, 0.5) is 0 Å². The maximum atomic E-state index is 6.33. The third kappa shape index (κ3) is 2.73. The van der Waals surface area contributed by atoms with Crippen LogP contribution in [0.3, 0.4) is 0 Å². The molecule has 20 heavy (non-hydrogen) atoms. The van der Waals surface area contributed by atoms with Gasteiger partial charge in [-0.05, 0) is 33.6 Å². The molecule has 0 bridgehead atoms. The maximum Gasteiger partial charge on any atom is 0.249 e. The van der Waals surface area contributed by atoms with E-state index >= 15 is 0 Å². The summed E-state index contributed by atoms with van der Waals surface area (Å²) >= 11 is 9.66. The first-order valence-electron chi connectivity index (χ1n) is 5.88. The van der Waals surface area contributed by atoms with Crippen LogP contribution in [0.1, 0.15) is 16.8 Å². The minimum absolute atomic E-state index is 0.359. The van der Waals surface area contributed by atoms with Crippen LogP contribution in [0.25, 0.3) is 11.5 Å². The van der Waals surface area contributed by atoms with Gasteiger partial charge in [0.2, 0.25) is 11.7 Å². The molecular formula is C14H9BrClN3O. The number of hydrogen-bond donors (Lipinski definition) is 0. The molecule has 4 nitrogen and oxygen atoms in total. The minimum atomic E-state index is -0.465.